The highest BCUT2D eigenvalue weighted by molar-refractivity contribution is 7.98. The third-order valence-electron chi connectivity index (χ3n) is 4.66. The monoisotopic (exact) mass is 412 g/mol. The molecule has 28 heavy (non-hydrogen) atoms. The topological polar surface area (TPSA) is 61.6 Å². The van der Waals surface area contributed by atoms with Gasteiger partial charge in [0.1, 0.15) is 0 Å². The Bertz CT molecular complexity index is 810. The Labute approximate surface area is 166 Å². The van der Waals surface area contributed by atoms with Crippen molar-refractivity contribution in [1.29, 1.82) is 0 Å². The number of halogens is 2. The van der Waals surface area contributed by atoms with Crippen molar-refractivity contribution in [2.75, 3.05) is 38.3 Å². The standard InChI is InChI=1S/C18H22F2N4O3S/c1-25-15-10-12(2-5-14(15)27-16(19)20)11-28-18-22-21-17(24(18)13-3-4-13)23-6-8-26-9-7-23/h2,5,10,13,16H,3-4,6-9,11H2,1H3. The summed E-state index contributed by atoms with van der Waals surface area (Å²) in [5, 5.41) is 9.70. The molecule has 0 radical (unpaired) electrons. The van der Waals surface area contributed by atoms with Gasteiger partial charge in [-0.1, -0.05) is 17.8 Å². The maximum absolute atomic E-state index is 12.5. The number of thioether (sulfide) groups is 1. The normalized spacial score (nSPS) is 17.2. The van der Waals surface area contributed by atoms with Crippen molar-refractivity contribution < 1.29 is 23.0 Å². The van der Waals surface area contributed by atoms with Crippen LogP contribution in [-0.4, -0.2) is 54.8 Å². The maximum atomic E-state index is 12.5. The number of ether oxygens (including phenoxy) is 3. The Morgan fingerprint density at radius 3 is 2.68 bits per heavy atom. The van der Waals surface area contributed by atoms with E-state index in [0.29, 0.717) is 25.0 Å². The Morgan fingerprint density at radius 1 is 1.21 bits per heavy atom. The molecule has 0 N–H and O–H groups in total. The zero-order valence-electron chi connectivity index (χ0n) is 15.5. The molecule has 0 unspecified atom stereocenters. The van der Waals surface area contributed by atoms with Gasteiger partial charge in [0, 0.05) is 24.9 Å². The van der Waals surface area contributed by atoms with Gasteiger partial charge in [-0.3, -0.25) is 4.57 Å². The summed E-state index contributed by atoms with van der Waals surface area (Å²) in [7, 11) is 1.43. The fourth-order valence-corrected chi connectivity index (χ4v) is 4.09. The van der Waals surface area contributed by atoms with Gasteiger partial charge >= 0.3 is 6.61 Å². The molecule has 1 aromatic heterocycles. The van der Waals surface area contributed by atoms with Crippen molar-refractivity contribution >= 4 is 17.7 Å². The van der Waals surface area contributed by atoms with E-state index in [4.69, 9.17) is 9.47 Å². The van der Waals surface area contributed by atoms with Crippen LogP contribution < -0.4 is 14.4 Å². The van der Waals surface area contributed by atoms with Crippen molar-refractivity contribution in [2.24, 2.45) is 0 Å². The van der Waals surface area contributed by atoms with E-state index in [-0.39, 0.29) is 11.5 Å². The van der Waals surface area contributed by atoms with E-state index >= 15 is 0 Å². The minimum atomic E-state index is -2.88. The molecule has 152 valence electrons. The minimum absolute atomic E-state index is 0.0296. The molecule has 1 saturated heterocycles. The van der Waals surface area contributed by atoms with Gasteiger partial charge in [0.05, 0.1) is 20.3 Å². The van der Waals surface area contributed by atoms with Crippen molar-refractivity contribution in [3.63, 3.8) is 0 Å². The molecular formula is C18H22F2N4O3S. The predicted molar refractivity (Wildman–Crippen MR) is 101 cm³/mol. The van der Waals surface area contributed by atoms with Crippen LogP contribution >= 0.6 is 11.8 Å². The average molecular weight is 412 g/mol. The van der Waals surface area contributed by atoms with E-state index in [1.807, 2.05) is 0 Å². The first-order valence-electron chi connectivity index (χ1n) is 9.18. The Morgan fingerprint density at radius 2 is 2.00 bits per heavy atom. The number of aromatic nitrogens is 3. The summed E-state index contributed by atoms with van der Waals surface area (Å²) in [5.41, 5.74) is 0.932. The molecule has 7 nitrogen and oxygen atoms in total. The summed E-state index contributed by atoms with van der Waals surface area (Å²) in [6, 6.07) is 5.43. The third kappa shape index (κ3) is 4.33. The second kappa shape index (κ2) is 8.52. The van der Waals surface area contributed by atoms with Gasteiger partial charge in [0.2, 0.25) is 5.95 Å². The highest BCUT2D eigenvalue weighted by atomic mass is 32.2. The van der Waals surface area contributed by atoms with Gasteiger partial charge in [0.25, 0.3) is 0 Å². The van der Waals surface area contributed by atoms with Crippen LogP contribution in [0, 0.1) is 0 Å². The van der Waals surface area contributed by atoms with E-state index in [9.17, 15) is 8.78 Å². The molecular weight excluding hydrogens is 390 g/mol. The number of morpholine rings is 1. The van der Waals surface area contributed by atoms with Gasteiger partial charge < -0.3 is 19.1 Å². The lowest BCUT2D eigenvalue weighted by atomic mass is 10.2. The summed E-state index contributed by atoms with van der Waals surface area (Å²) in [6.07, 6.45) is 2.27. The predicted octanol–water partition coefficient (Wildman–Crippen LogP) is 3.35. The summed E-state index contributed by atoms with van der Waals surface area (Å²) in [5.74, 6) is 1.85. The molecule has 0 amide bonds. The fourth-order valence-electron chi connectivity index (χ4n) is 3.14. The third-order valence-corrected chi connectivity index (χ3v) is 5.68. The molecule has 2 heterocycles. The summed E-state index contributed by atoms with van der Waals surface area (Å²) in [6.45, 7) is 0.154. The minimum Gasteiger partial charge on any atom is -0.493 e. The smallest absolute Gasteiger partial charge is 0.387 e. The Balaban J connectivity index is 1.48. The number of rotatable bonds is 8. The zero-order valence-corrected chi connectivity index (χ0v) is 16.3. The van der Waals surface area contributed by atoms with Crippen LogP contribution in [0.1, 0.15) is 24.4 Å². The van der Waals surface area contributed by atoms with E-state index in [0.717, 1.165) is 42.6 Å². The van der Waals surface area contributed by atoms with Gasteiger partial charge in [-0.05, 0) is 30.5 Å². The molecule has 1 saturated carbocycles. The number of anilines is 1. The van der Waals surface area contributed by atoms with Crippen LogP contribution in [0.2, 0.25) is 0 Å². The van der Waals surface area contributed by atoms with Gasteiger partial charge in [-0.25, -0.2) is 0 Å². The van der Waals surface area contributed by atoms with Gasteiger partial charge in [-0.2, -0.15) is 8.78 Å². The molecule has 10 heteroatoms. The van der Waals surface area contributed by atoms with Crippen LogP contribution in [0.5, 0.6) is 11.5 Å². The lowest BCUT2D eigenvalue weighted by molar-refractivity contribution is -0.0512. The quantitative estimate of drug-likeness (QED) is 0.616. The molecule has 0 spiro atoms. The molecule has 0 atom stereocenters. The van der Waals surface area contributed by atoms with Crippen LogP contribution in [0.3, 0.4) is 0 Å². The first kappa shape index (κ1) is 19.3. The van der Waals surface area contributed by atoms with E-state index < -0.39 is 6.61 Å². The molecule has 1 aliphatic carbocycles. The fraction of sp³-hybridized carbons (Fsp3) is 0.556. The Hall–Kier alpha value is -2.07. The van der Waals surface area contributed by atoms with Crippen molar-refractivity contribution in [3.05, 3.63) is 23.8 Å². The Kier molecular flexibility index (Phi) is 5.86. The van der Waals surface area contributed by atoms with Crippen molar-refractivity contribution in [2.45, 2.75) is 36.4 Å². The molecule has 2 aliphatic rings. The highest BCUT2D eigenvalue weighted by Gasteiger charge is 2.32. The first-order valence-corrected chi connectivity index (χ1v) is 10.2. The summed E-state index contributed by atoms with van der Waals surface area (Å²) < 4.78 is 42.3. The summed E-state index contributed by atoms with van der Waals surface area (Å²) in [4.78, 5) is 2.22. The van der Waals surface area contributed by atoms with E-state index in [1.54, 1.807) is 23.9 Å². The highest BCUT2D eigenvalue weighted by Crippen LogP contribution is 2.41. The van der Waals surface area contributed by atoms with Crippen molar-refractivity contribution in [1.82, 2.24) is 14.8 Å². The molecule has 4 rings (SSSR count). The zero-order chi connectivity index (χ0) is 19.5. The first-order chi connectivity index (χ1) is 13.7. The molecule has 1 aliphatic heterocycles. The maximum Gasteiger partial charge on any atom is 0.387 e. The average Bonchev–Trinajstić information content (AvgIpc) is 3.46. The lowest BCUT2D eigenvalue weighted by Crippen LogP contribution is -2.38. The van der Waals surface area contributed by atoms with Gasteiger partial charge in [-0.15, -0.1) is 10.2 Å². The molecule has 2 fully saturated rings. The van der Waals surface area contributed by atoms with Crippen LogP contribution in [0.15, 0.2) is 23.4 Å². The van der Waals surface area contributed by atoms with E-state index in [2.05, 4.69) is 24.4 Å². The molecule has 0 bridgehead atoms. The SMILES string of the molecule is COc1cc(CSc2nnc(N3CCOCC3)n2C2CC2)ccc1OC(F)F. The number of alkyl halides is 2. The number of hydrogen-bond acceptors (Lipinski definition) is 7. The number of hydrogen-bond donors (Lipinski definition) is 0. The van der Waals surface area contributed by atoms with Crippen molar-refractivity contribution in [3.8, 4) is 11.5 Å². The van der Waals surface area contributed by atoms with E-state index in [1.165, 1.54) is 13.2 Å². The number of nitrogens with zero attached hydrogens (tertiary/aromatic N) is 4. The lowest BCUT2D eigenvalue weighted by Gasteiger charge is -2.27. The van der Waals surface area contributed by atoms with Crippen LogP contribution in [0.25, 0.3) is 0 Å². The number of methoxy groups -OCH3 is 1. The van der Waals surface area contributed by atoms with Gasteiger partial charge in [0.15, 0.2) is 16.7 Å². The summed E-state index contributed by atoms with van der Waals surface area (Å²) >= 11 is 1.58. The molecule has 1 aromatic carbocycles. The second-order valence-electron chi connectivity index (χ2n) is 6.64. The second-order valence-corrected chi connectivity index (χ2v) is 7.58. The van der Waals surface area contributed by atoms with Crippen LogP contribution in [-0.2, 0) is 10.5 Å². The molecule has 2 aromatic rings. The largest absolute Gasteiger partial charge is 0.493 e. The van der Waals surface area contributed by atoms with Crippen LogP contribution in [0.4, 0.5) is 14.7 Å². The number of benzene rings is 1.